The van der Waals surface area contributed by atoms with E-state index >= 15 is 0 Å². The van der Waals surface area contributed by atoms with Gasteiger partial charge >= 0.3 is 0 Å². The Balaban J connectivity index is 1.88. The Hall–Kier alpha value is -2.12. The minimum atomic E-state index is -0.351. The van der Waals surface area contributed by atoms with Crippen LogP contribution in [-0.4, -0.2) is 16.4 Å². The SMILES string of the molecule is Cc1ncoc1C(C#N)N1CCc2ccccc2C1. The van der Waals surface area contributed by atoms with Gasteiger partial charge in [-0.05, 0) is 24.5 Å². The first kappa shape index (κ1) is 11.9. The number of benzene rings is 1. The van der Waals surface area contributed by atoms with Crippen LogP contribution in [-0.2, 0) is 13.0 Å². The average molecular weight is 253 g/mol. The summed E-state index contributed by atoms with van der Waals surface area (Å²) in [4.78, 5) is 6.23. The highest BCUT2D eigenvalue weighted by molar-refractivity contribution is 5.30. The molecule has 4 nitrogen and oxygen atoms in total. The molecule has 4 heteroatoms. The highest BCUT2D eigenvalue weighted by atomic mass is 16.3. The lowest BCUT2D eigenvalue weighted by Gasteiger charge is -2.31. The van der Waals surface area contributed by atoms with Crippen molar-refractivity contribution in [3.8, 4) is 6.07 Å². The lowest BCUT2D eigenvalue weighted by Crippen LogP contribution is -2.33. The summed E-state index contributed by atoms with van der Waals surface area (Å²) >= 11 is 0. The van der Waals surface area contributed by atoms with Gasteiger partial charge in [0.15, 0.2) is 18.2 Å². The van der Waals surface area contributed by atoms with E-state index in [0.717, 1.165) is 25.2 Å². The molecule has 0 bridgehead atoms. The second kappa shape index (κ2) is 4.87. The Morgan fingerprint density at radius 2 is 2.16 bits per heavy atom. The molecule has 0 amide bonds. The fourth-order valence-corrected chi connectivity index (χ4v) is 2.62. The predicted octanol–water partition coefficient (Wildman–Crippen LogP) is 2.61. The van der Waals surface area contributed by atoms with Gasteiger partial charge in [-0.2, -0.15) is 5.26 Å². The van der Waals surface area contributed by atoms with Crippen LogP contribution in [0.15, 0.2) is 35.1 Å². The maximum Gasteiger partial charge on any atom is 0.181 e. The number of hydrogen-bond acceptors (Lipinski definition) is 4. The van der Waals surface area contributed by atoms with Crippen molar-refractivity contribution in [1.82, 2.24) is 9.88 Å². The smallest absolute Gasteiger partial charge is 0.181 e. The quantitative estimate of drug-likeness (QED) is 0.825. The fourth-order valence-electron chi connectivity index (χ4n) is 2.62. The van der Waals surface area contributed by atoms with E-state index in [-0.39, 0.29) is 6.04 Å². The predicted molar refractivity (Wildman–Crippen MR) is 70.2 cm³/mol. The number of fused-ring (bicyclic) bond motifs is 1. The Bertz CT molecular complexity index is 626. The van der Waals surface area contributed by atoms with Crippen LogP contribution in [0.25, 0.3) is 0 Å². The Morgan fingerprint density at radius 3 is 2.84 bits per heavy atom. The summed E-state index contributed by atoms with van der Waals surface area (Å²) in [7, 11) is 0. The molecule has 0 radical (unpaired) electrons. The molecule has 96 valence electrons. The van der Waals surface area contributed by atoms with Crippen LogP contribution >= 0.6 is 0 Å². The van der Waals surface area contributed by atoms with Gasteiger partial charge in [0.2, 0.25) is 0 Å². The van der Waals surface area contributed by atoms with Gasteiger partial charge in [-0.25, -0.2) is 4.98 Å². The van der Waals surface area contributed by atoms with Crippen molar-refractivity contribution in [3.63, 3.8) is 0 Å². The van der Waals surface area contributed by atoms with Crippen LogP contribution in [0.4, 0.5) is 0 Å². The number of aryl methyl sites for hydroxylation is 1. The van der Waals surface area contributed by atoms with Crippen LogP contribution in [0.2, 0.25) is 0 Å². The Kier molecular flexibility index (Phi) is 3.06. The molecule has 0 N–H and O–H groups in total. The maximum absolute atomic E-state index is 9.44. The van der Waals surface area contributed by atoms with Crippen LogP contribution in [0.1, 0.15) is 28.6 Å². The fraction of sp³-hybridized carbons (Fsp3) is 0.333. The molecule has 0 saturated carbocycles. The minimum Gasteiger partial charge on any atom is -0.445 e. The molecule has 0 aliphatic carbocycles. The zero-order chi connectivity index (χ0) is 13.2. The molecule has 2 heterocycles. The van der Waals surface area contributed by atoms with Gasteiger partial charge in [0.1, 0.15) is 0 Å². The summed E-state index contributed by atoms with van der Waals surface area (Å²) in [5.74, 6) is 0.668. The van der Waals surface area contributed by atoms with Crippen molar-refractivity contribution >= 4 is 0 Å². The number of oxazole rings is 1. The van der Waals surface area contributed by atoms with Crippen molar-refractivity contribution in [3.05, 3.63) is 53.2 Å². The largest absolute Gasteiger partial charge is 0.445 e. The molecule has 1 unspecified atom stereocenters. The number of rotatable bonds is 2. The highest BCUT2D eigenvalue weighted by Gasteiger charge is 2.28. The lowest BCUT2D eigenvalue weighted by atomic mass is 9.98. The zero-order valence-electron chi connectivity index (χ0n) is 10.8. The molecule has 0 saturated heterocycles. The molecule has 19 heavy (non-hydrogen) atoms. The first-order valence-corrected chi connectivity index (χ1v) is 6.40. The summed E-state index contributed by atoms with van der Waals surface area (Å²) in [6, 6.07) is 10.4. The van der Waals surface area contributed by atoms with Crippen molar-refractivity contribution in [2.75, 3.05) is 6.54 Å². The van der Waals surface area contributed by atoms with E-state index in [1.165, 1.54) is 17.5 Å². The highest BCUT2D eigenvalue weighted by Crippen LogP contribution is 2.28. The van der Waals surface area contributed by atoms with E-state index in [4.69, 9.17) is 4.42 Å². The summed E-state index contributed by atoms with van der Waals surface area (Å²) in [6.07, 6.45) is 2.38. The van der Waals surface area contributed by atoms with Gasteiger partial charge in [-0.15, -0.1) is 0 Å². The van der Waals surface area contributed by atoms with Crippen LogP contribution in [0.3, 0.4) is 0 Å². The van der Waals surface area contributed by atoms with Gasteiger partial charge in [0.25, 0.3) is 0 Å². The molecule has 1 aliphatic heterocycles. The van der Waals surface area contributed by atoms with Gasteiger partial charge in [0.05, 0.1) is 11.8 Å². The van der Waals surface area contributed by atoms with Crippen molar-refractivity contribution < 1.29 is 4.42 Å². The summed E-state index contributed by atoms with van der Waals surface area (Å²) in [5, 5.41) is 9.44. The van der Waals surface area contributed by atoms with Gasteiger partial charge in [0, 0.05) is 13.1 Å². The first-order chi connectivity index (χ1) is 9.29. The van der Waals surface area contributed by atoms with E-state index in [1.54, 1.807) is 0 Å². The Morgan fingerprint density at radius 1 is 1.37 bits per heavy atom. The lowest BCUT2D eigenvalue weighted by molar-refractivity contribution is 0.195. The molecule has 0 fully saturated rings. The standard InChI is InChI=1S/C15H15N3O/c1-11-15(19-10-17-11)14(8-16)18-7-6-12-4-2-3-5-13(12)9-18/h2-5,10,14H,6-7,9H2,1H3. The van der Waals surface area contributed by atoms with Crippen molar-refractivity contribution in [2.45, 2.75) is 25.9 Å². The summed E-state index contributed by atoms with van der Waals surface area (Å²) in [5.41, 5.74) is 3.47. The molecule has 1 aliphatic rings. The molecule has 3 rings (SSSR count). The molecule has 0 spiro atoms. The van der Waals surface area contributed by atoms with E-state index in [9.17, 15) is 5.26 Å². The first-order valence-electron chi connectivity index (χ1n) is 6.40. The van der Waals surface area contributed by atoms with E-state index in [2.05, 4.69) is 34.2 Å². The number of hydrogen-bond donors (Lipinski definition) is 0. The van der Waals surface area contributed by atoms with E-state index < -0.39 is 0 Å². The number of aromatic nitrogens is 1. The molecule has 2 aromatic rings. The molecule has 1 atom stereocenters. The molecule has 1 aromatic carbocycles. The maximum atomic E-state index is 9.44. The zero-order valence-corrected chi connectivity index (χ0v) is 10.8. The third-order valence-corrected chi connectivity index (χ3v) is 3.68. The third kappa shape index (κ3) is 2.13. The summed E-state index contributed by atoms with van der Waals surface area (Å²) < 4.78 is 5.38. The molecule has 1 aromatic heterocycles. The second-order valence-corrected chi connectivity index (χ2v) is 4.82. The Labute approximate surface area is 112 Å². The number of nitrogens with zero attached hydrogens (tertiary/aromatic N) is 3. The van der Waals surface area contributed by atoms with Gasteiger partial charge in [-0.1, -0.05) is 24.3 Å². The van der Waals surface area contributed by atoms with E-state index in [1.807, 2.05) is 13.0 Å². The third-order valence-electron chi connectivity index (χ3n) is 3.68. The molecular weight excluding hydrogens is 238 g/mol. The number of nitriles is 1. The van der Waals surface area contributed by atoms with E-state index in [0.29, 0.717) is 5.76 Å². The summed E-state index contributed by atoms with van der Waals surface area (Å²) in [6.45, 7) is 3.53. The van der Waals surface area contributed by atoms with Crippen molar-refractivity contribution in [1.29, 1.82) is 5.26 Å². The normalized spacial score (nSPS) is 16.6. The second-order valence-electron chi connectivity index (χ2n) is 4.82. The van der Waals surface area contributed by atoms with Crippen LogP contribution in [0.5, 0.6) is 0 Å². The van der Waals surface area contributed by atoms with Crippen LogP contribution in [0, 0.1) is 18.3 Å². The molecular formula is C15H15N3O. The monoisotopic (exact) mass is 253 g/mol. The van der Waals surface area contributed by atoms with Gasteiger partial charge < -0.3 is 4.42 Å². The minimum absolute atomic E-state index is 0.351. The van der Waals surface area contributed by atoms with Crippen molar-refractivity contribution in [2.24, 2.45) is 0 Å². The topological polar surface area (TPSA) is 53.1 Å². The van der Waals surface area contributed by atoms with Gasteiger partial charge in [-0.3, -0.25) is 4.90 Å². The van der Waals surface area contributed by atoms with Crippen LogP contribution < -0.4 is 0 Å². The average Bonchev–Trinajstić information content (AvgIpc) is 2.86.